The minimum Gasteiger partial charge on any atom is -0.351 e. The number of rotatable bonds is 5. The molecule has 0 aliphatic rings. The molecule has 132 valence electrons. The number of carbonyl (C=O) groups excluding carboxylic acids is 2. The summed E-state index contributed by atoms with van der Waals surface area (Å²) in [4.78, 5) is 24.7. The zero-order valence-corrected chi connectivity index (χ0v) is 14.5. The topological polar surface area (TPSA) is 58.2 Å². The van der Waals surface area contributed by atoms with E-state index in [-0.39, 0.29) is 23.1 Å². The van der Waals surface area contributed by atoms with Gasteiger partial charge in [0.25, 0.3) is 0 Å². The Morgan fingerprint density at radius 1 is 1.04 bits per heavy atom. The van der Waals surface area contributed by atoms with Gasteiger partial charge in [0.2, 0.25) is 11.8 Å². The van der Waals surface area contributed by atoms with Crippen molar-refractivity contribution < 1.29 is 18.4 Å². The molecule has 2 amide bonds. The van der Waals surface area contributed by atoms with Crippen molar-refractivity contribution in [2.45, 2.75) is 20.4 Å². The molecule has 2 aromatic rings. The van der Waals surface area contributed by atoms with Gasteiger partial charge in [0.05, 0.1) is 5.02 Å². The molecule has 0 aliphatic carbocycles. The van der Waals surface area contributed by atoms with Gasteiger partial charge >= 0.3 is 0 Å². The molecular formula is C18H17ClF2N2O2. The van der Waals surface area contributed by atoms with E-state index in [0.29, 0.717) is 5.56 Å². The molecule has 4 nitrogen and oxygen atoms in total. The van der Waals surface area contributed by atoms with Crippen LogP contribution in [0, 0.1) is 17.0 Å². The smallest absolute Gasteiger partial charge is 0.239 e. The summed E-state index contributed by atoms with van der Waals surface area (Å²) in [6, 6.07) is 9.41. The van der Waals surface area contributed by atoms with Gasteiger partial charge in [-0.2, -0.15) is 0 Å². The Labute approximate surface area is 149 Å². The van der Waals surface area contributed by atoms with Crippen LogP contribution in [0.2, 0.25) is 5.02 Å². The summed E-state index contributed by atoms with van der Waals surface area (Å²) < 4.78 is 26.0. The number of hydrogen-bond acceptors (Lipinski definition) is 2. The summed E-state index contributed by atoms with van der Waals surface area (Å²) in [7, 11) is 0. The maximum Gasteiger partial charge on any atom is 0.239 e. The summed E-state index contributed by atoms with van der Waals surface area (Å²) in [6.07, 6.45) is 0. The number of halogens is 3. The second-order valence-electron chi connectivity index (χ2n) is 6.02. The van der Waals surface area contributed by atoms with Crippen LogP contribution in [0.3, 0.4) is 0 Å². The van der Waals surface area contributed by atoms with Crippen molar-refractivity contribution in [2.75, 3.05) is 5.32 Å². The van der Waals surface area contributed by atoms with Crippen molar-refractivity contribution in [3.8, 4) is 0 Å². The molecule has 0 aliphatic heterocycles. The van der Waals surface area contributed by atoms with Crippen LogP contribution < -0.4 is 10.6 Å². The molecule has 0 saturated heterocycles. The first-order chi connectivity index (χ1) is 11.7. The van der Waals surface area contributed by atoms with Crippen molar-refractivity contribution in [3.05, 3.63) is 64.7 Å². The summed E-state index contributed by atoms with van der Waals surface area (Å²) in [5, 5.41) is 5.05. The predicted molar refractivity (Wildman–Crippen MR) is 92.1 cm³/mol. The van der Waals surface area contributed by atoms with E-state index < -0.39 is 23.0 Å². The second-order valence-corrected chi connectivity index (χ2v) is 6.42. The van der Waals surface area contributed by atoms with Crippen molar-refractivity contribution in [2.24, 2.45) is 5.41 Å². The number of hydrogen-bond donors (Lipinski definition) is 2. The predicted octanol–water partition coefficient (Wildman–Crippen LogP) is 3.90. The molecule has 7 heteroatoms. The van der Waals surface area contributed by atoms with Crippen LogP contribution in [-0.2, 0) is 16.1 Å². The van der Waals surface area contributed by atoms with E-state index in [9.17, 15) is 18.4 Å². The Morgan fingerprint density at radius 3 is 2.28 bits per heavy atom. The Morgan fingerprint density at radius 2 is 1.68 bits per heavy atom. The van der Waals surface area contributed by atoms with Crippen LogP contribution in [0.4, 0.5) is 14.5 Å². The molecule has 0 fully saturated rings. The number of benzene rings is 2. The standard InChI is InChI=1S/C18H17ClF2N2O2/c1-18(2,16(24)22-10-11-3-5-12(20)6-4-11)17(25)23-13-7-8-15(21)14(19)9-13/h3-9H,10H2,1-2H3,(H,22,24)(H,23,25). The average Bonchev–Trinajstić information content (AvgIpc) is 2.57. The van der Waals surface area contributed by atoms with Gasteiger partial charge in [-0.05, 0) is 49.7 Å². The number of amides is 2. The van der Waals surface area contributed by atoms with Gasteiger partial charge in [-0.25, -0.2) is 8.78 Å². The van der Waals surface area contributed by atoms with E-state index in [1.807, 2.05) is 0 Å². The zero-order valence-electron chi connectivity index (χ0n) is 13.7. The van der Waals surface area contributed by atoms with Gasteiger partial charge in [-0.15, -0.1) is 0 Å². The lowest BCUT2D eigenvalue weighted by atomic mass is 9.90. The first kappa shape index (κ1) is 18.9. The van der Waals surface area contributed by atoms with Crippen LogP contribution in [0.25, 0.3) is 0 Å². The minimum atomic E-state index is -1.37. The lowest BCUT2D eigenvalue weighted by molar-refractivity contribution is -0.138. The van der Waals surface area contributed by atoms with E-state index in [4.69, 9.17) is 11.6 Å². The van der Waals surface area contributed by atoms with Crippen LogP contribution in [0.15, 0.2) is 42.5 Å². The van der Waals surface area contributed by atoms with Crippen LogP contribution >= 0.6 is 11.6 Å². The third kappa shape index (κ3) is 4.76. The van der Waals surface area contributed by atoms with E-state index in [2.05, 4.69) is 10.6 Å². The first-order valence-corrected chi connectivity index (χ1v) is 7.87. The minimum absolute atomic E-state index is 0.128. The molecular weight excluding hydrogens is 350 g/mol. The highest BCUT2D eigenvalue weighted by molar-refractivity contribution is 6.31. The van der Waals surface area contributed by atoms with Gasteiger partial charge in [-0.1, -0.05) is 23.7 Å². The maximum atomic E-state index is 13.2. The average molecular weight is 367 g/mol. The SMILES string of the molecule is CC(C)(C(=O)NCc1ccc(F)cc1)C(=O)Nc1ccc(F)c(Cl)c1. The molecule has 0 aromatic heterocycles. The molecule has 2 rings (SSSR count). The fraction of sp³-hybridized carbons (Fsp3) is 0.222. The lowest BCUT2D eigenvalue weighted by Crippen LogP contribution is -2.44. The Hall–Kier alpha value is -2.47. The van der Waals surface area contributed by atoms with Crippen LogP contribution in [0.5, 0.6) is 0 Å². The summed E-state index contributed by atoms with van der Waals surface area (Å²) >= 11 is 5.67. The Balaban J connectivity index is 2.00. The summed E-state index contributed by atoms with van der Waals surface area (Å²) in [5.41, 5.74) is -0.381. The van der Waals surface area contributed by atoms with E-state index in [1.54, 1.807) is 12.1 Å². The van der Waals surface area contributed by atoms with Gasteiger partial charge in [0.15, 0.2) is 0 Å². The van der Waals surface area contributed by atoms with Crippen molar-refractivity contribution >= 4 is 29.1 Å². The molecule has 0 radical (unpaired) electrons. The largest absolute Gasteiger partial charge is 0.351 e. The molecule has 0 spiro atoms. The molecule has 2 aromatic carbocycles. The highest BCUT2D eigenvalue weighted by Crippen LogP contribution is 2.23. The molecule has 0 bridgehead atoms. The molecule has 0 heterocycles. The lowest BCUT2D eigenvalue weighted by Gasteiger charge is -2.23. The molecule has 0 atom stereocenters. The van der Waals surface area contributed by atoms with Crippen molar-refractivity contribution in [1.82, 2.24) is 5.32 Å². The summed E-state index contributed by atoms with van der Waals surface area (Å²) in [5.74, 6) is -2.03. The zero-order chi connectivity index (χ0) is 18.6. The summed E-state index contributed by atoms with van der Waals surface area (Å²) in [6.45, 7) is 3.10. The highest BCUT2D eigenvalue weighted by Gasteiger charge is 2.36. The van der Waals surface area contributed by atoms with E-state index in [1.165, 1.54) is 38.1 Å². The number of anilines is 1. The van der Waals surface area contributed by atoms with Gasteiger partial charge < -0.3 is 10.6 Å². The highest BCUT2D eigenvalue weighted by atomic mass is 35.5. The van der Waals surface area contributed by atoms with Crippen molar-refractivity contribution in [3.63, 3.8) is 0 Å². The Kier molecular flexibility index (Phi) is 5.74. The van der Waals surface area contributed by atoms with Gasteiger partial charge in [0, 0.05) is 12.2 Å². The monoisotopic (exact) mass is 366 g/mol. The quantitative estimate of drug-likeness (QED) is 0.788. The number of nitrogens with one attached hydrogen (secondary N) is 2. The van der Waals surface area contributed by atoms with Crippen LogP contribution in [0.1, 0.15) is 19.4 Å². The molecule has 2 N–H and O–H groups in total. The van der Waals surface area contributed by atoms with Crippen LogP contribution in [-0.4, -0.2) is 11.8 Å². The maximum absolute atomic E-state index is 13.2. The van der Waals surface area contributed by atoms with Crippen molar-refractivity contribution in [1.29, 1.82) is 0 Å². The third-order valence-corrected chi connectivity index (χ3v) is 3.97. The number of carbonyl (C=O) groups is 2. The van der Waals surface area contributed by atoms with Gasteiger partial charge in [0.1, 0.15) is 17.0 Å². The fourth-order valence-electron chi connectivity index (χ4n) is 1.97. The normalized spacial score (nSPS) is 11.1. The van der Waals surface area contributed by atoms with E-state index >= 15 is 0 Å². The molecule has 0 saturated carbocycles. The molecule has 0 unspecified atom stereocenters. The molecule has 25 heavy (non-hydrogen) atoms. The fourth-order valence-corrected chi connectivity index (χ4v) is 2.15. The third-order valence-electron chi connectivity index (χ3n) is 3.68. The van der Waals surface area contributed by atoms with Gasteiger partial charge in [-0.3, -0.25) is 9.59 Å². The second kappa shape index (κ2) is 7.61. The Bertz CT molecular complexity index is 792. The van der Waals surface area contributed by atoms with E-state index in [0.717, 1.165) is 6.07 Å². The first-order valence-electron chi connectivity index (χ1n) is 7.49.